The summed E-state index contributed by atoms with van der Waals surface area (Å²) < 4.78 is 4.16. The van der Waals surface area contributed by atoms with E-state index in [2.05, 4.69) is 14.6 Å². The van der Waals surface area contributed by atoms with Gasteiger partial charge in [0.2, 0.25) is 0 Å². The summed E-state index contributed by atoms with van der Waals surface area (Å²) in [7, 11) is 2.03. The van der Waals surface area contributed by atoms with E-state index in [4.69, 9.17) is 5.73 Å². The van der Waals surface area contributed by atoms with E-state index in [-0.39, 0.29) is 11.9 Å². The lowest BCUT2D eigenvalue weighted by Gasteiger charge is -2.22. The zero-order chi connectivity index (χ0) is 14.7. The predicted molar refractivity (Wildman–Crippen MR) is 84.4 cm³/mol. The smallest absolute Gasteiger partial charge is 0.258 e. The van der Waals surface area contributed by atoms with Gasteiger partial charge in [-0.25, -0.2) is 0 Å². The average Bonchev–Trinajstić information content (AvgIpc) is 2.97. The fourth-order valence-electron chi connectivity index (χ4n) is 2.76. The van der Waals surface area contributed by atoms with Gasteiger partial charge < -0.3 is 16.0 Å². The molecule has 0 bridgehead atoms. The van der Waals surface area contributed by atoms with Crippen molar-refractivity contribution in [3.63, 3.8) is 0 Å². The Morgan fingerprint density at radius 3 is 2.75 bits per heavy atom. The predicted octanol–water partition coefficient (Wildman–Crippen LogP) is 2.49. The highest BCUT2D eigenvalue weighted by molar-refractivity contribution is 7.11. The van der Waals surface area contributed by atoms with Crippen LogP contribution >= 0.6 is 11.5 Å². The number of carbonyl (C=O) groups excluding carboxylic acids is 1. The molecule has 20 heavy (non-hydrogen) atoms. The summed E-state index contributed by atoms with van der Waals surface area (Å²) in [6.07, 6.45) is 5.21. The van der Waals surface area contributed by atoms with Crippen LogP contribution in [0.1, 0.15) is 49.9 Å². The summed E-state index contributed by atoms with van der Waals surface area (Å²) in [5.41, 5.74) is 6.41. The Hall–Kier alpha value is -1.30. The van der Waals surface area contributed by atoms with Crippen LogP contribution in [0.5, 0.6) is 0 Å². The molecular formula is C14H24N4OS. The SMILES string of the molecule is CC(C)NC(=O)c1c(N)nsc1N(C)CC1CCCC1. The van der Waals surface area contributed by atoms with Gasteiger partial charge in [-0.1, -0.05) is 12.8 Å². The molecule has 1 fully saturated rings. The second-order valence-corrected chi connectivity index (χ2v) is 6.66. The van der Waals surface area contributed by atoms with E-state index in [1.54, 1.807) is 0 Å². The molecule has 1 amide bonds. The molecule has 1 aliphatic carbocycles. The van der Waals surface area contributed by atoms with Gasteiger partial charge in [0.1, 0.15) is 10.6 Å². The molecule has 6 heteroatoms. The van der Waals surface area contributed by atoms with Crippen molar-refractivity contribution in [2.24, 2.45) is 5.92 Å². The van der Waals surface area contributed by atoms with Crippen molar-refractivity contribution < 1.29 is 4.79 Å². The highest BCUT2D eigenvalue weighted by Gasteiger charge is 2.24. The minimum absolute atomic E-state index is 0.0924. The van der Waals surface area contributed by atoms with Crippen molar-refractivity contribution in [2.75, 3.05) is 24.2 Å². The van der Waals surface area contributed by atoms with Crippen LogP contribution in [0.4, 0.5) is 10.8 Å². The Morgan fingerprint density at radius 2 is 2.15 bits per heavy atom. The first kappa shape index (κ1) is 15.1. The summed E-state index contributed by atoms with van der Waals surface area (Å²) in [5, 5.41) is 3.78. The minimum Gasteiger partial charge on any atom is -0.382 e. The zero-order valence-corrected chi connectivity index (χ0v) is 13.3. The molecule has 1 aromatic rings. The summed E-state index contributed by atoms with van der Waals surface area (Å²) in [6.45, 7) is 4.86. The van der Waals surface area contributed by atoms with E-state index in [1.807, 2.05) is 20.9 Å². The topological polar surface area (TPSA) is 71.2 Å². The molecule has 0 aromatic carbocycles. The van der Waals surface area contributed by atoms with Crippen molar-refractivity contribution in [1.29, 1.82) is 0 Å². The number of amides is 1. The number of carbonyl (C=O) groups is 1. The van der Waals surface area contributed by atoms with Gasteiger partial charge in [-0.15, -0.1) is 0 Å². The number of anilines is 2. The van der Waals surface area contributed by atoms with E-state index >= 15 is 0 Å². The summed E-state index contributed by atoms with van der Waals surface area (Å²) in [6, 6.07) is 0.0924. The third-order valence-electron chi connectivity index (χ3n) is 3.70. The monoisotopic (exact) mass is 296 g/mol. The first-order chi connectivity index (χ1) is 9.49. The summed E-state index contributed by atoms with van der Waals surface area (Å²) in [5.74, 6) is 0.935. The lowest BCUT2D eigenvalue weighted by molar-refractivity contribution is 0.0944. The Kier molecular flexibility index (Phi) is 4.86. The number of rotatable bonds is 5. The molecule has 1 aliphatic rings. The van der Waals surface area contributed by atoms with Gasteiger partial charge in [-0.2, -0.15) is 4.37 Å². The number of aromatic nitrogens is 1. The molecule has 112 valence electrons. The first-order valence-corrected chi connectivity index (χ1v) is 8.03. The quantitative estimate of drug-likeness (QED) is 0.875. The molecule has 5 nitrogen and oxygen atoms in total. The van der Waals surface area contributed by atoms with E-state index < -0.39 is 0 Å². The fraction of sp³-hybridized carbons (Fsp3) is 0.714. The van der Waals surface area contributed by atoms with Crippen molar-refractivity contribution in [1.82, 2.24) is 9.69 Å². The number of nitrogen functional groups attached to an aromatic ring is 1. The summed E-state index contributed by atoms with van der Waals surface area (Å²) in [4.78, 5) is 14.4. The average molecular weight is 296 g/mol. The van der Waals surface area contributed by atoms with Gasteiger partial charge in [0.15, 0.2) is 5.82 Å². The third-order valence-corrected chi connectivity index (χ3v) is 4.68. The van der Waals surface area contributed by atoms with Gasteiger partial charge in [0.25, 0.3) is 5.91 Å². The summed E-state index contributed by atoms with van der Waals surface area (Å²) >= 11 is 1.31. The number of nitrogens with one attached hydrogen (secondary N) is 1. The van der Waals surface area contributed by atoms with Crippen molar-refractivity contribution in [2.45, 2.75) is 45.6 Å². The standard InChI is InChI=1S/C14H24N4OS/c1-9(2)16-13(19)11-12(15)17-20-14(11)18(3)8-10-6-4-5-7-10/h9-10H,4-8H2,1-3H3,(H2,15,17)(H,16,19). The molecule has 1 saturated carbocycles. The van der Waals surface area contributed by atoms with Crippen LogP contribution in [0.2, 0.25) is 0 Å². The van der Waals surface area contributed by atoms with Crippen molar-refractivity contribution >= 4 is 28.3 Å². The molecule has 0 aliphatic heterocycles. The normalized spacial score (nSPS) is 15.8. The van der Waals surface area contributed by atoms with E-state index in [0.717, 1.165) is 17.5 Å². The van der Waals surface area contributed by atoms with Crippen LogP contribution in [0, 0.1) is 5.92 Å². The van der Waals surface area contributed by atoms with Crippen LogP contribution in [-0.4, -0.2) is 29.9 Å². The molecule has 0 unspecified atom stereocenters. The number of hydrogen-bond donors (Lipinski definition) is 2. The maximum atomic E-state index is 12.2. The van der Waals surface area contributed by atoms with Gasteiger partial charge in [0, 0.05) is 19.6 Å². The Bertz CT molecular complexity index is 466. The van der Waals surface area contributed by atoms with Gasteiger partial charge >= 0.3 is 0 Å². The maximum Gasteiger partial charge on any atom is 0.258 e. The number of nitrogens with zero attached hydrogens (tertiary/aromatic N) is 2. The van der Waals surface area contributed by atoms with Crippen LogP contribution in [0.25, 0.3) is 0 Å². The van der Waals surface area contributed by atoms with Gasteiger partial charge in [-0.05, 0) is 44.1 Å². The minimum atomic E-state index is -0.125. The highest BCUT2D eigenvalue weighted by Crippen LogP contribution is 2.32. The van der Waals surface area contributed by atoms with E-state index in [0.29, 0.717) is 11.4 Å². The van der Waals surface area contributed by atoms with E-state index in [1.165, 1.54) is 37.2 Å². The molecule has 0 spiro atoms. The molecule has 0 radical (unpaired) electrons. The molecule has 0 saturated heterocycles. The molecule has 2 rings (SSSR count). The molecular weight excluding hydrogens is 272 g/mol. The molecule has 3 N–H and O–H groups in total. The lowest BCUT2D eigenvalue weighted by Crippen LogP contribution is -2.32. The van der Waals surface area contributed by atoms with Gasteiger partial charge in [-0.3, -0.25) is 4.79 Å². The maximum absolute atomic E-state index is 12.2. The van der Waals surface area contributed by atoms with Crippen LogP contribution in [0.15, 0.2) is 0 Å². The largest absolute Gasteiger partial charge is 0.382 e. The first-order valence-electron chi connectivity index (χ1n) is 7.26. The van der Waals surface area contributed by atoms with Crippen molar-refractivity contribution in [3.05, 3.63) is 5.56 Å². The molecule has 1 aromatic heterocycles. The second-order valence-electron chi connectivity index (χ2n) is 5.91. The lowest BCUT2D eigenvalue weighted by atomic mass is 10.1. The van der Waals surface area contributed by atoms with Crippen LogP contribution < -0.4 is 16.0 Å². The van der Waals surface area contributed by atoms with E-state index in [9.17, 15) is 4.79 Å². The third kappa shape index (κ3) is 3.42. The van der Waals surface area contributed by atoms with Gasteiger partial charge in [0.05, 0.1) is 0 Å². The van der Waals surface area contributed by atoms with Crippen LogP contribution in [0.3, 0.4) is 0 Å². The Morgan fingerprint density at radius 1 is 1.50 bits per heavy atom. The molecule has 1 heterocycles. The number of nitrogens with two attached hydrogens (primary N) is 1. The Labute approximate surface area is 124 Å². The fourth-order valence-corrected chi connectivity index (χ4v) is 3.54. The number of hydrogen-bond acceptors (Lipinski definition) is 5. The highest BCUT2D eigenvalue weighted by atomic mass is 32.1. The molecule has 0 atom stereocenters. The second kappa shape index (κ2) is 6.43. The Balaban J connectivity index is 2.12. The van der Waals surface area contributed by atoms with Crippen LogP contribution in [-0.2, 0) is 0 Å². The zero-order valence-electron chi connectivity index (χ0n) is 12.5. The van der Waals surface area contributed by atoms with Crippen molar-refractivity contribution in [3.8, 4) is 0 Å².